The molecule has 0 aliphatic rings. The molecule has 5 heteroatoms. The average Bonchev–Trinajstić information content (AvgIpc) is 2.66. The van der Waals surface area contributed by atoms with Crippen molar-refractivity contribution in [3.8, 4) is 0 Å². The number of hydrogen-bond acceptors (Lipinski definition) is 4. The van der Waals surface area contributed by atoms with Gasteiger partial charge in [0.05, 0.1) is 6.54 Å². The third-order valence-corrected chi connectivity index (χ3v) is 3.27. The van der Waals surface area contributed by atoms with Gasteiger partial charge in [-0.15, -0.1) is 0 Å². The Morgan fingerprint density at radius 2 is 2.27 bits per heavy atom. The second kappa shape index (κ2) is 6.12. The van der Waals surface area contributed by atoms with Gasteiger partial charge in [-0.25, -0.2) is 4.98 Å². The molecule has 0 aromatic carbocycles. The van der Waals surface area contributed by atoms with Crippen molar-refractivity contribution in [3.63, 3.8) is 0 Å². The molecule has 0 bridgehead atoms. The summed E-state index contributed by atoms with van der Waals surface area (Å²) < 4.78 is 0. The first kappa shape index (κ1) is 12.5. The van der Waals surface area contributed by atoms with E-state index in [9.17, 15) is 0 Å². The number of aromatic amines is 1. The van der Waals surface area contributed by atoms with Crippen LogP contribution in [-0.4, -0.2) is 45.2 Å². The van der Waals surface area contributed by atoms with Gasteiger partial charge in [-0.05, 0) is 20.2 Å². The van der Waals surface area contributed by atoms with E-state index < -0.39 is 0 Å². The van der Waals surface area contributed by atoms with E-state index in [4.69, 9.17) is 0 Å². The van der Waals surface area contributed by atoms with Gasteiger partial charge in [-0.1, -0.05) is 6.92 Å². The quantitative estimate of drug-likeness (QED) is 0.802. The highest BCUT2D eigenvalue weighted by molar-refractivity contribution is 7.98. The van der Waals surface area contributed by atoms with Gasteiger partial charge in [0, 0.05) is 18.2 Å². The van der Waals surface area contributed by atoms with Crippen LogP contribution in [0.3, 0.4) is 0 Å². The highest BCUT2D eigenvalue weighted by atomic mass is 32.2. The molecule has 1 rings (SSSR count). The summed E-state index contributed by atoms with van der Waals surface area (Å²) in [6.07, 6.45) is 3.02. The van der Waals surface area contributed by atoms with Crippen LogP contribution in [0.25, 0.3) is 0 Å². The van der Waals surface area contributed by atoms with E-state index in [0.29, 0.717) is 6.04 Å². The highest BCUT2D eigenvalue weighted by Crippen LogP contribution is 2.06. The number of nitrogens with zero attached hydrogens (tertiary/aromatic N) is 3. The van der Waals surface area contributed by atoms with Crippen LogP contribution in [0.5, 0.6) is 0 Å². The normalized spacial score (nSPS) is 13.4. The van der Waals surface area contributed by atoms with Gasteiger partial charge in [0.15, 0.2) is 0 Å². The first-order valence-corrected chi connectivity index (χ1v) is 6.66. The van der Waals surface area contributed by atoms with E-state index in [-0.39, 0.29) is 0 Å². The number of rotatable bonds is 6. The molecule has 0 aliphatic heterocycles. The summed E-state index contributed by atoms with van der Waals surface area (Å²) >= 11 is 1.87. The molecule has 1 aromatic heterocycles. The summed E-state index contributed by atoms with van der Waals surface area (Å²) in [5, 5.41) is 7.10. The Balaban J connectivity index is 2.46. The Kier molecular flexibility index (Phi) is 5.11. The maximum absolute atomic E-state index is 4.40. The van der Waals surface area contributed by atoms with Crippen LogP contribution in [-0.2, 0) is 13.0 Å². The second-order valence-electron chi connectivity index (χ2n) is 3.77. The summed E-state index contributed by atoms with van der Waals surface area (Å²) in [5.74, 6) is 3.00. The van der Waals surface area contributed by atoms with Crippen molar-refractivity contribution in [2.24, 2.45) is 0 Å². The standard InChI is InChI=1S/C10H20N4S/c1-5-9-11-10(13-12-9)6-14(3)8(2)7-15-4/h8H,5-7H2,1-4H3,(H,11,12,13)/t8-/m1/s1. The van der Waals surface area contributed by atoms with Gasteiger partial charge in [-0.3, -0.25) is 10.00 Å². The van der Waals surface area contributed by atoms with Crippen LogP contribution in [0.1, 0.15) is 25.5 Å². The van der Waals surface area contributed by atoms with Gasteiger partial charge >= 0.3 is 0 Å². The first-order chi connectivity index (χ1) is 7.17. The summed E-state index contributed by atoms with van der Waals surface area (Å²) in [7, 11) is 2.12. The maximum Gasteiger partial charge on any atom is 0.150 e. The van der Waals surface area contributed by atoms with Gasteiger partial charge in [0.2, 0.25) is 0 Å². The Morgan fingerprint density at radius 3 is 2.80 bits per heavy atom. The lowest BCUT2D eigenvalue weighted by Gasteiger charge is -2.22. The second-order valence-corrected chi connectivity index (χ2v) is 4.68. The van der Waals surface area contributed by atoms with Gasteiger partial charge in [0.25, 0.3) is 0 Å². The van der Waals surface area contributed by atoms with E-state index in [2.05, 4.69) is 47.2 Å². The van der Waals surface area contributed by atoms with Crippen LogP contribution in [0.2, 0.25) is 0 Å². The van der Waals surface area contributed by atoms with Crippen molar-refractivity contribution in [1.29, 1.82) is 0 Å². The largest absolute Gasteiger partial charge is 0.295 e. The molecule has 4 nitrogen and oxygen atoms in total. The number of nitrogens with one attached hydrogen (secondary N) is 1. The lowest BCUT2D eigenvalue weighted by atomic mass is 10.3. The molecule has 0 fully saturated rings. The smallest absolute Gasteiger partial charge is 0.150 e. The van der Waals surface area contributed by atoms with E-state index >= 15 is 0 Å². The zero-order valence-corrected chi connectivity index (χ0v) is 10.8. The fraction of sp³-hybridized carbons (Fsp3) is 0.800. The third kappa shape index (κ3) is 3.83. The number of hydrogen-bond donors (Lipinski definition) is 1. The molecular weight excluding hydrogens is 208 g/mol. The number of thioether (sulfide) groups is 1. The van der Waals surface area contributed by atoms with Crippen molar-refractivity contribution in [2.45, 2.75) is 32.9 Å². The zero-order valence-electron chi connectivity index (χ0n) is 9.95. The topological polar surface area (TPSA) is 44.8 Å². The van der Waals surface area contributed by atoms with E-state index in [1.165, 1.54) is 0 Å². The molecule has 1 atom stereocenters. The molecular formula is C10H20N4S. The van der Waals surface area contributed by atoms with Gasteiger partial charge in [0.1, 0.15) is 11.6 Å². The van der Waals surface area contributed by atoms with Crippen LogP contribution in [0, 0.1) is 0 Å². The number of aryl methyl sites for hydroxylation is 1. The SMILES string of the molecule is CCc1n[nH]c(CN(C)[C@H](C)CSC)n1. The molecule has 0 spiro atoms. The van der Waals surface area contributed by atoms with E-state index in [0.717, 1.165) is 30.4 Å². The zero-order chi connectivity index (χ0) is 11.3. The Hall–Kier alpha value is -0.550. The van der Waals surface area contributed by atoms with Crippen LogP contribution in [0.15, 0.2) is 0 Å². The van der Waals surface area contributed by atoms with E-state index in [1.807, 2.05) is 11.8 Å². The Labute approximate surface area is 95.9 Å². The van der Waals surface area contributed by atoms with E-state index in [1.54, 1.807) is 0 Å². The minimum atomic E-state index is 0.565. The van der Waals surface area contributed by atoms with Crippen LogP contribution >= 0.6 is 11.8 Å². The van der Waals surface area contributed by atoms with Crippen LogP contribution in [0.4, 0.5) is 0 Å². The molecule has 0 aliphatic carbocycles. The average molecular weight is 228 g/mol. The Bertz CT molecular complexity index is 287. The fourth-order valence-electron chi connectivity index (χ4n) is 1.32. The predicted molar refractivity (Wildman–Crippen MR) is 65.1 cm³/mol. The summed E-state index contributed by atoms with van der Waals surface area (Å²) in [4.78, 5) is 6.68. The summed E-state index contributed by atoms with van der Waals surface area (Å²) in [6, 6.07) is 0.565. The first-order valence-electron chi connectivity index (χ1n) is 5.26. The van der Waals surface area contributed by atoms with Crippen molar-refractivity contribution in [1.82, 2.24) is 20.1 Å². The predicted octanol–water partition coefficient (Wildman–Crippen LogP) is 1.55. The molecule has 1 N–H and O–H groups in total. The van der Waals surface area contributed by atoms with Crippen molar-refractivity contribution in [3.05, 3.63) is 11.6 Å². The number of aromatic nitrogens is 3. The lowest BCUT2D eigenvalue weighted by molar-refractivity contribution is 0.263. The molecule has 15 heavy (non-hydrogen) atoms. The molecule has 0 saturated heterocycles. The van der Waals surface area contributed by atoms with Crippen molar-refractivity contribution < 1.29 is 0 Å². The monoisotopic (exact) mass is 228 g/mol. The lowest BCUT2D eigenvalue weighted by Crippen LogP contribution is -2.30. The molecule has 86 valence electrons. The maximum atomic E-state index is 4.40. The molecule has 1 aromatic rings. The fourth-order valence-corrected chi connectivity index (χ4v) is 2.06. The van der Waals surface area contributed by atoms with Crippen molar-refractivity contribution >= 4 is 11.8 Å². The molecule has 1 heterocycles. The highest BCUT2D eigenvalue weighted by Gasteiger charge is 2.11. The third-order valence-electron chi connectivity index (χ3n) is 2.45. The molecule has 0 amide bonds. The minimum absolute atomic E-state index is 0.565. The Morgan fingerprint density at radius 1 is 1.53 bits per heavy atom. The van der Waals surface area contributed by atoms with Gasteiger partial charge < -0.3 is 0 Å². The molecule has 0 radical (unpaired) electrons. The number of H-pyrrole nitrogens is 1. The van der Waals surface area contributed by atoms with Gasteiger partial charge in [-0.2, -0.15) is 16.9 Å². The summed E-state index contributed by atoms with van der Waals surface area (Å²) in [6.45, 7) is 5.13. The van der Waals surface area contributed by atoms with Crippen molar-refractivity contribution in [2.75, 3.05) is 19.1 Å². The molecule has 0 unspecified atom stereocenters. The summed E-state index contributed by atoms with van der Waals surface area (Å²) in [5.41, 5.74) is 0. The van der Waals surface area contributed by atoms with Crippen LogP contribution < -0.4 is 0 Å². The molecule has 0 saturated carbocycles. The minimum Gasteiger partial charge on any atom is -0.295 e.